The lowest BCUT2D eigenvalue weighted by atomic mass is 10.00. The third kappa shape index (κ3) is 5.21. The summed E-state index contributed by atoms with van der Waals surface area (Å²) in [5.74, 6) is -0.452. The lowest BCUT2D eigenvalue weighted by Crippen LogP contribution is -2.44. The number of carbonyl (C=O) groups is 1. The lowest BCUT2D eigenvalue weighted by molar-refractivity contribution is -0.107. The van der Waals surface area contributed by atoms with Gasteiger partial charge in [-0.2, -0.15) is 0 Å². The highest BCUT2D eigenvalue weighted by Gasteiger charge is 2.20. The molecule has 1 fully saturated rings. The van der Waals surface area contributed by atoms with Crippen molar-refractivity contribution in [2.45, 2.75) is 25.3 Å². The fourth-order valence-corrected chi connectivity index (χ4v) is 4.96. The number of pyridine rings is 2. The van der Waals surface area contributed by atoms with Gasteiger partial charge in [-0.3, -0.25) is 4.98 Å². The van der Waals surface area contributed by atoms with E-state index in [4.69, 9.17) is 11.6 Å². The Kier molecular flexibility index (Phi) is 7.21. The predicted molar refractivity (Wildman–Crippen MR) is 145 cm³/mol. The van der Waals surface area contributed by atoms with Gasteiger partial charge in [0.1, 0.15) is 12.1 Å². The van der Waals surface area contributed by atoms with Gasteiger partial charge in [0.2, 0.25) is 0 Å². The summed E-state index contributed by atoms with van der Waals surface area (Å²) in [5, 5.41) is 17.2. The minimum atomic E-state index is -0.797. The molecule has 3 N–H and O–H groups in total. The second-order valence-electron chi connectivity index (χ2n) is 9.15. The number of halogens is 2. The summed E-state index contributed by atoms with van der Waals surface area (Å²) < 4.78 is 14.2. The van der Waals surface area contributed by atoms with E-state index >= 15 is 0 Å². The van der Waals surface area contributed by atoms with Crippen LogP contribution in [0.2, 0.25) is 5.02 Å². The number of hydrogen-bond donors (Lipinski definition) is 3. The Balaban J connectivity index is 1.50. The number of nitrogens with zero attached hydrogens (tertiary/aromatic N) is 3. The highest BCUT2D eigenvalue weighted by molar-refractivity contribution is 6.32. The molecule has 2 aromatic carbocycles. The number of likely N-dealkylation sites (N-methyl/N-ethyl adjacent to an activating group) is 1. The van der Waals surface area contributed by atoms with Crippen LogP contribution in [0.15, 0.2) is 54.9 Å². The summed E-state index contributed by atoms with van der Waals surface area (Å²) in [6.45, 7) is 1.89. The maximum absolute atomic E-state index is 14.2. The van der Waals surface area contributed by atoms with Gasteiger partial charge >= 0.3 is 0 Å². The minimum absolute atomic E-state index is 0.0674. The summed E-state index contributed by atoms with van der Waals surface area (Å²) in [4.78, 5) is 22.9. The second-order valence-corrected chi connectivity index (χ2v) is 9.56. The molecule has 0 bridgehead atoms. The number of rotatable bonds is 7. The van der Waals surface area contributed by atoms with E-state index in [-0.39, 0.29) is 11.4 Å². The van der Waals surface area contributed by atoms with Gasteiger partial charge in [0.25, 0.3) is 0 Å². The molecule has 1 unspecified atom stereocenters. The maximum Gasteiger partial charge on any atom is 0.170 e. The first kappa shape index (κ1) is 24.9. The first-order chi connectivity index (χ1) is 18.0. The highest BCUT2D eigenvalue weighted by Crippen LogP contribution is 2.36. The number of aldehydes is 1. The molecule has 0 saturated carbocycles. The normalized spacial score (nSPS) is 15.6. The Morgan fingerprint density at radius 3 is 2.76 bits per heavy atom. The number of aromatic nitrogens is 2. The molecule has 190 valence electrons. The van der Waals surface area contributed by atoms with E-state index in [0.717, 1.165) is 60.4 Å². The first-order valence-electron chi connectivity index (χ1n) is 12.2. The van der Waals surface area contributed by atoms with Crippen LogP contribution in [0.1, 0.15) is 18.4 Å². The summed E-state index contributed by atoms with van der Waals surface area (Å²) >= 11 is 6.01. The molecule has 3 heterocycles. The Morgan fingerprint density at radius 1 is 1.16 bits per heavy atom. The van der Waals surface area contributed by atoms with E-state index in [1.807, 2.05) is 37.4 Å². The van der Waals surface area contributed by atoms with E-state index in [1.54, 1.807) is 12.4 Å². The van der Waals surface area contributed by atoms with Crippen LogP contribution in [-0.4, -0.2) is 47.5 Å². The van der Waals surface area contributed by atoms with Crippen LogP contribution < -0.4 is 15.5 Å². The number of phenols is 1. The molecule has 37 heavy (non-hydrogen) atoms. The van der Waals surface area contributed by atoms with Crippen molar-refractivity contribution in [3.63, 3.8) is 0 Å². The van der Waals surface area contributed by atoms with Gasteiger partial charge in [0.05, 0.1) is 28.1 Å². The number of carbonyl (C=O) groups excluding carboxylic acids is 1. The summed E-state index contributed by atoms with van der Waals surface area (Å²) in [6.07, 6.45) is 6.76. The van der Waals surface area contributed by atoms with E-state index in [1.165, 1.54) is 12.1 Å². The lowest BCUT2D eigenvalue weighted by Gasteiger charge is -2.33. The van der Waals surface area contributed by atoms with Crippen molar-refractivity contribution in [3.8, 4) is 16.9 Å². The number of benzene rings is 2. The maximum atomic E-state index is 14.2. The molecule has 1 atom stereocenters. The molecule has 0 amide bonds. The minimum Gasteiger partial charge on any atom is -0.504 e. The van der Waals surface area contributed by atoms with Crippen LogP contribution in [-0.2, 0) is 11.2 Å². The zero-order chi connectivity index (χ0) is 25.9. The Morgan fingerprint density at radius 2 is 2.03 bits per heavy atom. The Labute approximate surface area is 219 Å². The summed E-state index contributed by atoms with van der Waals surface area (Å²) in [5.41, 5.74) is 4.15. The topological polar surface area (TPSA) is 90.4 Å². The molecule has 0 spiro atoms. The van der Waals surface area contributed by atoms with Crippen molar-refractivity contribution in [1.29, 1.82) is 0 Å². The van der Waals surface area contributed by atoms with E-state index in [0.29, 0.717) is 22.7 Å². The molecule has 7 nitrogen and oxygen atoms in total. The third-order valence-corrected chi connectivity index (χ3v) is 7.06. The van der Waals surface area contributed by atoms with Crippen molar-refractivity contribution in [2.24, 2.45) is 0 Å². The van der Waals surface area contributed by atoms with Gasteiger partial charge in [-0.15, -0.1) is 0 Å². The Bertz CT molecular complexity index is 1420. The highest BCUT2D eigenvalue weighted by atomic mass is 35.5. The van der Waals surface area contributed by atoms with Gasteiger partial charge in [-0.05, 0) is 67.4 Å². The van der Waals surface area contributed by atoms with Gasteiger partial charge in [0, 0.05) is 42.7 Å². The van der Waals surface area contributed by atoms with Crippen molar-refractivity contribution in [2.75, 3.05) is 30.4 Å². The van der Waals surface area contributed by atoms with Gasteiger partial charge in [0.15, 0.2) is 11.6 Å². The number of hydrogen-bond acceptors (Lipinski definition) is 7. The predicted octanol–water partition coefficient (Wildman–Crippen LogP) is 5.47. The molecule has 1 aliphatic heterocycles. The standard InChI is InChI=1S/C28H27ClFN5O2/c1-31-21-3-2-9-35(16-21)26-7-5-20(15-33-26)34-27-18(8-10-36)14-32-25-6-4-17(11-22(25)27)19-12-23(29)28(37)24(30)13-19/h4-7,10-15,21,31,37H,2-3,8-9,16H2,1H3,(H,32,34). The zero-order valence-corrected chi connectivity index (χ0v) is 21.1. The molecule has 0 aliphatic carbocycles. The van der Waals surface area contributed by atoms with Crippen molar-refractivity contribution in [1.82, 2.24) is 15.3 Å². The number of fused-ring (bicyclic) bond motifs is 1. The fourth-order valence-electron chi connectivity index (χ4n) is 4.75. The molecular formula is C28H27ClFN5O2. The SMILES string of the molecule is CNC1CCCN(c2ccc(Nc3c(CC=O)cnc4ccc(-c5cc(F)c(O)c(Cl)c5)cc34)cn2)C1. The molecule has 4 aromatic rings. The van der Waals surface area contributed by atoms with Gasteiger partial charge in [-0.1, -0.05) is 17.7 Å². The van der Waals surface area contributed by atoms with Crippen LogP contribution in [0.25, 0.3) is 22.0 Å². The first-order valence-corrected chi connectivity index (χ1v) is 12.5. The average molecular weight is 520 g/mol. The quantitative estimate of drug-likeness (QED) is 0.279. The number of phenolic OH excluding ortho intramolecular Hbond substituents is 1. The Hall–Kier alpha value is -3.75. The number of piperidine rings is 1. The van der Waals surface area contributed by atoms with Crippen molar-refractivity contribution < 1.29 is 14.3 Å². The van der Waals surface area contributed by atoms with Gasteiger partial charge < -0.3 is 25.4 Å². The van der Waals surface area contributed by atoms with Crippen molar-refractivity contribution in [3.05, 3.63) is 71.3 Å². The molecule has 9 heteroatoms. The monoisotopic (exact) mass is 519 g/mol. The largest absolute Gasteiger partial charge is 0.504 e. The molecular weight excluding hydrogens is 493 g/mol. The van der Waals surface area contributed by atoms with E-state index in [2.05, 4.69) is 25.5 Å². The third-order valence-electron chi connectivity index (χ3n) is 6.77. The van der Waals surface area contributed by atoms with Crippen LogP contribution in [0, 0.1) is 5.82 Å². The number of nitrogens with one attached hydrogen (secondary N) is 2. The van der Waals surface area contributed by atoms with E-state index < -0.39 is 11.6 Å². The molecule has 1 aliphatic rings. The number of anilines is 3. The molecule has 0 radical (unpaired) electrons. The number of aromatic hydroxyl groups is 1. The zero-order valence-electron chi connectivity index (χ0n) is 20.3. The van der Waals surface area contributed by atoms with Crippen LogP contribution in [0.3, 0.4) is 0 Å². The fraction of sp³-hybridized carbons (Fsp3) is 0.250. The average Bonchev–Trinajstić information content (AvgIpc) is 2.93. The summed E-state index contributed by atoms with van der Waals surface area (Å²) in [7, 11) is 1.99. The van der Waals surface area contributed by atoms with Gasteiger partial charge in [-0.25, -0.2) is 9.37 Å². The second kappa shape index (κ2) is 10.7. The van der Waals surface area contributed by atoms with Crippen LogP contribution in [0.4, 0.5) is 21.6 Å². The van der Waals surface area contributed by atoms with E-state index in [9.17, 15) is 14.3 Å². The molecule has 5 rings (SSSR count). The summed E-state index contributed by atoms with van der Waals surface area (Å²) in [6, 6.07) is 12.7. The molecule has 1 saturated heterocycles. The smallest absolute Gasteiger partial charge is 0.170 e. The van der Waals surface area contributed by atoms with Crippen LogP contribution in [0.5, 0.6) is 5.75 Å². The van der Waals surface area contributed by atoms with Crippen LogP contribution >= 0.6 is 11.6 Å². The van der Waals surface area contributed by atoms with Crippen molar-refractivity contribution >= 4 is 46.0 Å². The molecule has 2 aromatic heterocycles.